The van der Waals surface area contributed by atoms with Gasteiger partial charge in [-0.1, -0.05) is 90.5 Å². The second kappa shape index (κ2) is 40.5. The lowest BCUT2D eigenvalue weighted by molar-refractivity contribution is -0.138. The van der Waals surface area contributed by atoms with Gasteiger partial charge in [0.25, 0.3) is 0 Å². The molecule has 33 heteroatoms. The van der Waals surface area contributed by atoms with Gasteiger partial charge >= 0.3 is 6.03 Å². The molecule has 7 amide bonds. The first kappa shape index (κ1) is 97.9. The van der Waals surface area contributed by atoms with Gasteiger partial charge in [0, 0.05) is 82.8 Å². The van der Waals surface area contributed by atoms with Gasteiger partial charge in [-0.05, 0) is 266 Å². The van der Waals surface area contributed by atoms with E-state index < -0.39 is 33.5 Å². The van der Waals surface area contributed by atoms with Crippen LogP contribution in [0.2, 0.25) is 4.34 Å². The Balaban J connectivity index is 0.000000143. The number of nitriles is 4. The maximum atomic E-state index is 13.6. The first-order valence-electron chi connectivity index (χ1n) is 43.7. The van der Waals surface area contributed by atoms with E-state index in [2.05, 4.69) is 119 Å². The van der Waals surface area contributed by atoms with Crippen LogP contribution in [-0.4, -0.2) is 167 Å². The van der Waals surface area contributed by atoms with Crippen LogP contribution in [0.4, 0.5) is 9.18 Å². The number of carbonyl (C=O) groups is 6. The van der Waals surface area contributed by atoms with Crippen molar-refractivity contribution in [3.63, 3.8) is 0 Å². The third-order valence-corrected chi connectivity index (χ3v) is 32.3. The van der Waals surface area contributed by atoms with Crippen LogP contribution in [0.3, 0.4) is 0 Å². The summed E-state index contributed by atoms with van der Waals surface area (Å²) in [7, 11) is 8.16. The molecule has 10 aromatic rings. The molecule has 0 radical (unpaired) electrons. The maximum Gasteiger partial charge on any atom is 0.324 e. The number of imide groups is 1. The van der Waals surface area contributed by atoms with Crippen LogP contribution in [0, 0.1) is 74.8 Å². The number of likely N-dealkylation sites (tertiary alicyclic amines) is 2. The third-order valence-electron chi connectivity index (χ3n) is 26.3. The average molecular weight is 1900 g/mol. The van der Waals surface area contributed by atoms with Gasteiger partial charge in [-0.2, -0.15) is 21.0 Å². The summed E-state index contributed by atoms with van der Waals surface area (Å²) in [5, 5.41) is 46.2. The van der Waals surface area contributed by atoms with Crippen molar-refractivity contribution in [2.24, 2.45) is 66.6 Å². The number of halogens is 2. The van der Waals surface area contributed by atoms with Crippen molar-refractivity contribution in [1.29, 1.82) is 21.0 Å². The molecule has 26 nitrogen and oxygen atoms in total. The largest absolute Gasteiger partial charge is 0.369 e. The predicted octanol–water partition coefficient (Wildman–Crippen LogP) is 17.4. The molecule has 0 bridgehead atoms. The summed E-state index contributed by atoms with van der Waals surface area (Å²) in [6, 6.07) is 58.3. The molecule has 7 aliphatic heterocycles. The van der Waals surface area contributed by atoms with Crippen molar-refractivity contribution in [3.8, 4) is 79.2 Å². The number of nitrogens with zero attached hydrogens (tertiary/aromatic N) is 15. The third kappa shape index (κ3) is 20.9. The van der Waals surface area contributed by atoms with Gasteiger partial charge in [0.2, 0.25) is 29.5 Å². The number of aliphatic imine (C=N–C) groups is 4. The number of urea groups is 1. The molecule has 7 atom stereocenters. The molecule has 5 aromatic carbocycles. The highest BCUT2D eigenvalue weighted by Crippen LogP contribution is 2.51. The van der Waals surface area contributed by atoms with Gasteiger partial charge in [-0.15, -0.1) is 56.7 Å². The van der Waals surface area contributed by atoms with Crippen molar-refractivity contribution in [1.82, 2.24) is 39.6 Å². The molecule has 3 saturated heterocycles. The van der Waals surface area contributed by atoms with E-state index in [9.17, 15) is 48.9 Å². The SMILES string of the molecule is CC(C)N1CCC(C2C(=O)N(C)C(N)=N[C@]2(C)c2cc(-c3cccc(C#N)c3)cs2)CC1.CC(C)N1CCC([C@H]2C(=O)N(C)C(N)=N[C@]2(C)c2cc(-c3cccc(C#N)c3)cs2)CC1.CN1C(=O)C[C@@](C)(c2cc(-c3ccc(Cl)s3)cs2)N=C1N.CN1C(=O)C[C@@](C)(c2cc(-c3ccc(F)c(C#N)c3)c(C#N)s2)N=C1N.CN1C(=O)C[C@@](C)(c2cccc(-c3ccccc3)c2)NC1=O. The van der Waals surface area contributed by atoms with Crippen LogP contribution in [0.1, 0.15) is 154 Å². The van der Waals surface area contributed by atoms with E-state index in [0.717, 1.165) is 125 Å². The van der Waals surface area contributed by atoms with Crippen molar-refractivity contribution in [2.75, 3.05) is 61.4 Å². The van der Waals surface area contributed by atoms with Crippen LogP contribution >= 0.6 is 68.3 Å². The second-order valence-corrected chi connectivity index (χ2v) is 41.4. The van der Waals surface area contributed by atoms with Crippen molar-refractivity contribution in [3.05, 3.63) is 231 Å². The highest BCUT2D eigenvalue weighted by atomic mass is 35.5. The fourth-order valence-electron chi connectivity index (χ4n) is 18.0. The summed E-state index contributed by atoms with van der Waals surface area (Å²) in [6.45, 7) is 22.7. The number of amides is 7. The van der Waals surface area contributed by atoms with Crippen LogP contribution in [0.25, 0.3) is 54.9 Å². The van der Waals surface area contributed by atoms with Crippen LogP contribution in [-0.2, 0) is 51.7 Å². The lowest BCUT2D eigenvalue weighted by Crippen LogP contribution is -2.57. The van der Waals surface area contributed by atoms with Crippen molar-refractivity contribution >= 4 is 128 Å². The van der Waals surface area contributed by atoms with Crippen LogP contribution in [0.5, 0.6) is 0 Å². The number of rotatable bonds is 14. The number of hydrogen-bond donors (Lipinski definition) is 5. The number of nitrogens with one attached hydrogen (secondary N) is 1. The smallest absolute Gasteiger partial charge is 0.324 e. The van der Waals surface area contributed by atoms with Gasteiger partial charge in [-0.25, -0.2) is 29.2 Å². The van der Waals surface area contributed by atoms with Crippen molar-refractivity contribution in [2.45, 2.75) is 147 Å². The Morgan fingerprint density at radius 1 is 0.444 bits per heavy atom. The quantitative estimate of drug-likeness (QED) is 0.0675. The van der Waals surface area contributed by atoms with Gasteiger partial charge in [-0.3, -0.25) is 48.5 Å². The number of carbonyl (C=O) groups excluding carboxylic acids is 6. The predicted molar refractivity (Wildman–Crippen MR) is 528 cm³/mol. The van der Waals surface area contributed by atoms with E-state index >= 15 is 0 Å². The monoisotopic (exact) mass is 1900 g/mol. The molecule has 12 heterocycles. The van der Waals surface area contributed by atoms with E-state index in [1.54, 1.807) is 93.4 Å². The molecule has 0 aliphatic carbocycles. The van der Waals surface area contributed by atoms with Crippen molar-refractivity contribution < 1.29 is 33.2 Å². The zero-order valence-electron chi connectivity index (χ0n) is 76.7. The lowest BCUT2D eigenvalue weighted by Gasteiger charge is -2.46. The summed E-state index contributed by atoms with van der Waals surface area (Å²) in [5.74, 6) is 0.112. The lowest BCUT2D eigenvalue weighted by atomic mass is 9.70. The number of hydrogen-bond acceptors (Lipinski definition) is 25. The minimum atomic E-state index is -0.875. The Morgan fingerprint density at radius 3 is 1.34 bits per heavy atom. The van der Waals surface area contributed by atoms with E-state index in [4.69, 9.17) is 49.8 Å². The minimum absolute atomic E-state index is 0.0147. The second-order valence-electron chi connectivity index (χ2n) is 35.9. The number of thiophene rings is 5. The molecular weight excluding hydrogens is 1790 g/mol. The molecule has 0 saturated carbocycles. The summed E-state index contributed by atoms with van der Waals surface area (Å²) in [4.78, 5) is 111. The first-order valence-corrected chi connectivity index (χ1v) is 48.3. The fourth-order valence-corrected chi connectivity index (χ4v) is 23.3. The molecule has 5 aromatic heterocycles. The average Bonchev–Trinajstić information content (AvgIpc) is 1.74. The summed E-state index contributed by atoms with van der Waals surface area (Å²) in [5.41, 5.74) is 31.1. The Bertz CT molecular complexity index is 6220. The Labute approximate surface area is 800 Å². The molecule has 133 heavy (non-hydrogen) atoms. The molecule has 688 valence electrons. The molecule has 9 N–H and O–H groups in total. The standard InChI is InChI=1S/2C25H31N5OS.C18H14FN5OS.C18H18N2O2.C14H14ClN3OS2/c2*1-16(2)30-10-8-18(9-11-30)22-23(31)29(4)24(27)28-25(22,3)21-13-20(15-32-21)19-7-5-6-17(12-19)14-26;1-18(7-16(25)24(2)17(22)23-18)15-6-12(14(9-21)26-15)10-3-4-13(19)11(5-10)8-20;1-18(12-16(21)20(2)17(22)19-18)15-10-6-9-14(11-15)13-7-4-3-5-8-13;1-14(6-12(19)18(2)13(16)17-14)10-5-8(7-20-10)9-3-4-11(15)21-9/h2*5-7,12-13,15-16,18,22H,8-11H2,1-4H3,(H2,27,28);3-6H,7H2,1-2H3,(H2,22,23);3-11H,12H2,1-2H3,(H,19,22);3-5,7H,6H2,1-2H3,(H2,16,17)/t22?,25-;22-,25+;2*18-;14-/m10000/s1. The van der Waals surface area contributed by atoms with Gasteiger partial charge < -0.3 is 38.1 Å². The molecule has 1 unspecified atom stereocenters. The molecule has 3 fully saturated rings. The van der Waals surface area contributed by atoms with Gasteiger partial charge in [0.1, 0.15) is 45.0 Å². The van der Waals surface area contributed by atoms with Gasteiger partial charge in [0.15, 0.2) is 23.8 Å². The topological polar surface area (TPSA) is 386 Å². The molecule has 7 aliphatic rings. The van der Waals surface area contributed by atoms with E-state index in [1.165, 1.54) is 67.5 Å². The minimum Gasteiger partial charge on any atom is -0.369 e. The van der Waals surface area contributed by atoms with Gasteiger partial charge in [0.05, 0.1) is 69.8 Å². The maximum absolute atomic E-state index is 13.6. The highest BCUT2D eigenvalue weighted by molar-refractivity contribution is 7.19. The molecule has 17 rings (SSSR count). The Kier molecular flexibility index (Phi) is 29.8. The first-order chi connectivity index (χ1) is 63.1. The summed E-state index contributed by atoms with van der Waals surface area (Å²) < 4.78 is 14.4. The number of guanidine groups is 4. The number of piperidine rings is 2. The van der Waals surface area contributed by atoms with E-state index in [-0.39, 0.29) is 101 Å². The Morgan fingerprint density at radius 2 is 0.887 bits per heavy atom. The molecule has 0 spiro atoms. The number of nitrogens with two attached hydrogens (primary N) is 4. The van der Waals surface area contributed by atoms with E-state index in [1.807, 2.05) is 117 Å². The zero-order valence-corrected chi connectivity index (χ0v) is 81.6. The molecular formula is C100H108ClFN20O6S5. The normalized spacial score (nSPS) is 23.1. The van der Waals surface area contributed by atoms with Crippen LogP contribution < -0.4 is 28.3 Å². The fraction of sp³-hybridized carbons (Fsp3) is 0.360. The Hall–Kier alpha value is -12.6. The number of benzene rings is 5. The van der Waals surface area contributed by atoms with Crippen LogP contribution in [0.15, 0.2) is 194 Å². The highest BCUT2D eigenvalue weighted by Gasteiger charge is 2.54. The zero-order chi connectivity index (χ0) is 96.1. The van der Waals surface area contributed by atoms with E-state index in [0.29, 0.717) is 50.5 Å². The summed E-state index contributed by atoms with van der Waals surface area (Å²) in [6.07, 6.45) is 4.64. The summed E-state index contributed by atoms with van der Waals surface area (Å²) >= 11 is 13.6.